The van der Waals surface area contributed by atoms with Gasteiger partial charge in [-0.25, -0.2) is 4.98 Å². The average molecular weight is 379 g/mol. The summed E-state index contributed by atoms with van der Waals surface area (Å²) in [6.07, 6.45) is 0. The number of carbonyl (C=O) groups excluding carboxylic acids is 1. The lowest BCUT2D eigenvalue weighted by Gasteiger charge is -2.11. The van der Waals surface area contributed by atoms with Gasteiger partial charge in [0.25, 0.3) is 5.56 Å². The molecule has 0 spiro atoms. The van der Waals surface area contributed by atoms with Crippen molar-refractivity contribution in [2.24, 2.45) is 0 Å². The molecule has 0 radical (unpaired) electrons. The topological polar surface area (TPSA) is 85.0 Å². The second kappa shape index (κ2) is 8.52. The van der Waals surface area contributed by atoms with E-state index in [2.05, 4.69) is 4.98 Å². The number of nitriles is 1. The molecule has 3 rings (SSSR count). The van der Waals surface area contributed by atoms with Gasteiger partial charge in [-0.05, 0) is 31.2 Å². The predicted molar refractivity (Wildman–Crippen MR) is 103 cm³/mol. The second-order valence-electron chi connectivity index (χ2n) is 5.86. The number of carbonyl (C=O) groups is 1. The van der Waals surface area contributed by atoms with E-state index in [1.807, 2.05) is 37.3 Å². The van der Waals surface area contributed by atoms with E-state index >= 15 is 0 Å². The fourth-order valence-electron chi connectivity index (χ4n) is 2.52. The van der Waals surface area contributed by atoms with E-state index in [0.29, 0.717) is 10.9 Å². The molecule has 2 aromatic carbocycles. The van der Waals surface area contributed by atoms with Gasteiger partial charge in [-0.2, -0.15) is 5.26 Å². The van der Waals surface area contributed by atoms with Gasteiger partial charge >= 0.3 is 5.97 Å². The molecule has 0 saturated heterocycles. The number of ether oxygens (including phenoxy) is 1. The highest BCUT2D eigenvalue weighted by Gasteiger charge is 2.13. The quantitative estimate of drug-likeness (QED) is 0.483. The number of esters is 1. The molecule has 7 heteroatoms. The zero-order chi connectivity index (χ0) is 19.2. The summed E-state index contributed by atoms with van der Waals surface area (Å²) in [5.41, 5.74) is 1.35. The molecule has 0 bridgehead atoms. The van der Waals surface area contributed by atoms with Crippen LogP contribution in [-0.2, 0) is 22.7 Å². The van der Waals surface area contributed by atoms with Crippen LogP contribution >= 0.6 is 11.8 Å². The Kier molecular flexibility index (Phi) is 5.89. The van der Waals surface area contributed by atoms with Crippen molar-refractivity contribution in [1.82, 2.24) is 9.55 Å². The molecular weight excluding hydrogens is 362 g/mol. The Hall–Kier alpha value is -3.11. The molecule has 0 atom stereocenters. The van der Waals surface area contributed by atoms with E-state index in [9.17, 15) is 9.59 Å². The minimum atomic E-state index is -0.411. The van der Waals surface area contributed by atoms with E-state index < -0.39 is 5.97 Å². The second-order valence-corrected chi connectivity index (χ2v) is 6.91. The molecule has 0 aliphatic rings. The summed E-state index contributed by atoms with van der Waals surface area (Å²) in [6, 6.07) is 16.7. The van der Waals surface area contributed by atoms with Crippen LogP contribution in [0.4, 0.5) is 0 Å². The minimum absolute atomic E-state index is 0.151. The number of thioether (sulfide) groups is 1. The van der Waals surface area contributed by atoms with Crippen molar-refractivity contribution in [1.29, 1.82) is 5.26 Å². The van der Waals surface area contributed by atoms with E-state index in [1.165, 1.54) is 16.3 Å². The standard InChI is InChI=1S/C20H17N3O3S/c1-14-6-8-15(9-7-14)27-13-19(24)26-12-18-22-17-5-3-2-4-16(17)20(25)23(18)11-10-21/h2-9H,11-13H2,1H3. The van der Waals surface area contributed by atoms with E-state index in [-0.39, 0.29) is 30.3 Å². The predicted octanol–water partition coefficient (Wildman–Crippen LogP) is 3.06. The fraction of sp³-hybridized carbons (Fsp3) is 0.200. The first-order chi connectivity index (χ1) is 13.1. The number of aromatic nitrogens is 2. The lowest BCUT2D eigenvalue weighted by molar-refractivity contribution is -0.142. The summed E-state index contributed by atoms with van der Waals surface area (Å²) in [4.78, 5) is 30.0. The molecule has 0 saturated carbocycles. The Labute approximate surface area is 160 Å². The van der Waals surface area contributed by atoms with Crippen LogP contribution in [0.25, 0.3) is 10.9 Å². The summed E-state index contributed by atoms with van der Waals surface area (Å²) >= 11 is 1.38. The molecule has 6 nitrogen and oxygen atoms in total. The third-order valence-electron chi connectivity index (χ3n) is 3.91. The summed E-state index contributed by atoms with van der Waals surface area (Å²) in [6.45, 7) is 1.69. The Morgan fingerprint density at radius 2 is 1.96 bits per heavy atom. The number of hydrogen-bond donors (Lipinski definition) is 0. The number of benzene rings is 2. The lowest BCUT2D eigenvalue weighted by Crippen LogP contribution is -2.26. The minimum Gasteiger partial charge on any atom is -0.457 e. The average Bonchev–Trinajstić information content (AvgIpc) is 2.68. The molecule has 3 aromatic rings. The van der Waals surface area contributed by atoms with Gasteiger partial charge in [0, 0.05) is 4.90 Å². The molecule has 0 amide bonds. The Bertz CT molecular complexity index is 1070. The van der Waals surface area contributed by atoms with Crippen molar-refractivity contribution in [3.8, 4) is 6.07 Å². The van der Waals surface area contributed by atoms with Gasteiger partial charge < -0.3 is 4.74 Å². The fourth-order valence-corrected chi connectivity index (χ4v) is 3.22. The van der Waals surface area contributed by atoms with Crippen LogP contribution < -0.4 is 5.56 Å². The van der Waals surface area contributed by atoms with Gasteiger partial charge in [-0.15, -0.1) is 11.8 Å². The molecule has 0 aliphatic carbocycles. The van der Waals surface area contributed by atoms with Crippen LogP contribution in [0.15, 0.2) is 58.2 Å². The van der Waals surface area contributed by atoms with Crippen molar-refractivity contribution in [2.45, 2.75) is 25.0 Å². The highest BCUT2D eigenvalue weighted by Crippen LogP contribution is 2.18. The number of nitrogens with zero attached hydrogens (tertiary/aromatic N) is 3. The summed E-state index contributed by atoms with van der Waals surface area (Å²) in [7, 11) is 0. The highest BCUT2D eigenvalue weighted by molar-refractivity contribution is 8.00. The Morgan fingerprint density at radius 1 is 1.22 bits per heavy atom. The van der Waals surface area contributed by atoms with Crippen molar-refractivity contribution in [2.75, 3.05) is 5.75 Å². The van der Waals surface area contributed by atoms with Gasteiger partial charge in [0.1, 0.15) is 13.2 Å². The van der Waals surface area contributed by atoms with Gasteiger partial charge in [0.15, 0.2) is 5.82 Å². The summed E-state index contributed by atoms with van der Waals surface area (Å²) in [5.74, 6) is -0.000474. The number of hydrogen-bond acceptors (Lipinski definition) is 6. The molecule has 1 heterocycles. The number of para-hydroxylation sites is 1. The third-order valence-corrected chi connectivity index (χ3v) is 4.89. The molecule has 136 valence electrons. The monoisotopic (exact) mass is 379 g/mol. The number of aryl methyl sites for hydroxylation is 1. The van der Waals surface area contributed by atoms with E-state index in [4.69, 9.17) is 10.00 Å². The maximum atomic E-state index is 12.5. The van der Waals surface area contributed by atoms with E-state index in [0.717, 1.165) is 10.5 Å². The molecule has 1 aromatic heterocycles. The lowest BCUT2D eigenvalue weighted by atomic mass is 10.2. The maximum absolute atomic E-state index is 12.5. The van der Waals surface area contributed by atoms with Crippen molar-refractivity contribution in [3.05, 3.63) is 70.3 Å². The van der Waals surface area contributed by atoms with Crippen LogP contribution in [0.5, 0.6) is 0 Å². The molecule has 0 unspecified atom stereocenters. The highest BCUT2D eigenvalue weighted by atomic mass is 32.2. The van der Waals surface area contributed by atoms with Crippen molar-refractivity contribution < 1.29 is 9.53 Å². The zero-order valence-electron chi connectivity index (χ0n) is 14.7. The van der Waals surface area contributed by atoms with Crippen LogP contribution in [0.3, 0.4) is 0 Å². The largest absolute Gasteiger partial charge is 0.457 e. The Balaban J connectivity index is 1.71. The van der Waals surface area contributed by atoms with Crippen LogP contribution in [-0.4, -0.2) is 21.3 Å². The first-order valence-corrected chi connectivity index (χ1v) is 9.27. The number of rotatable bonds is 6. The smallest absolute Gasteiger partial charge is 0.316 e. The maximum Gasteiger partial charge on any atom is 0.316 e. The summed E-state index contributed by atoms with van der Waals surface area (Å²) < 4.78 is 6.51. The van der Waals surface area contributed by atoms with Crippen LogP contribution in [0.1, 0.15) is 11.4 Å². The SMILES string of the molecule is Cc1ccc(SCC(=O)OCc2nc3ccccc3c(=O)n2CC#N)cc1. The molecular formula is C20H17N3O3S. The van der Waals surface area contributed by atoms with Crippen molar-refractivity contribution in [3.63, 3.8) is 0 Å². The van der Waals surface area contributed by atoms with Gasteiger partial charge in [0.2, 0.25) is 0 Å². The Morgan fingerprint density at radius 3 is 2.70 bits per heavy atom. The van der Waals surface area contributed by atoms with Gasteiger partial charge in [-0.1, -0.05) is 29.8 Å². The van der Waals surface area contributed by atoms with Crippen LogP contribution in [0.2, 0.25) is 0 Å². The summed E-state index contributed by atoms with van der Waals surface area (Å²) in [5, 5.41) is 9.43. The first kappa shape index (κ1) is 18.7. The molecule has 0 fully saturated rings. The molecule has 0 aliphatic heterocycles. The van der Waals surface area contributed by atoms with E-state index in [1.54, 1.807) is 24.3 Å². The van der Waals surface area contributed by atoms with Crippen LogP contribution in [0, 0.1) is 18.3 Å². The molecule has 0 N–H and O–H groups in total. The van der Waals surface area contributed by atoms with Gasteiger partial charge in [-0.3, -0.25) is 14.2 Å². The normalized spacial score (nSPS) is 10.5. The first-order valence-electron chi connectivity index (χ1n) is 8.29. The third kappa shape index (κ3) is 4.54. The number of fused-ring (bicyclic) bond motifs is 1. The zero-order valence-corrected chi connectivity index (χ0v) is 15.5. The van der Waals surface area contributed by atoms with Crippen molar-refractivity contribution >= 4 is 28.6 Å². The van der Waals surface area contributed by atoms with Gasteiger partial charge in [0.05, 0.1) is 22.7 Å². The molecule has 27 heavy (non-hydrogen) atoms.